The van der Waals surface area contributed by atoms with Crippen LogP contribution in [0.25, 0.3) is 0 Å². The second-order valence-corrected chi connectivity index (χ2v) is 7.11. The van der Waals surface area contributed by atoms with Gasteiger partial charge in [-0.2, -0.15) is 0 Å². The molecule has 5 nitrogen and oxygen atoms in total. The number of hydrogen-bond donors (Lipinski definition) is 1. The zero-order valence-electron chi connectivity index (χ0n) is 12.5. The van der Waals surface area contributed by atoms with Gasteiger partial charge in [-0.15, -0.1) is 11.3 Å². The number of nitrogens with one attached hydrogen (secondary N) is 1. The highest BCUT2D eigenvalue weighted by Gasteiger charge is 2.51. The zero-order chi connectivity index (χ0) is 15.0. The van der Waals surface area contributed by atoms with Crippen molar-refractivity contribution in [3.63, 3.8) is 0 Å². The Kier molecular flexibility index (Phi) is 3.73. The van der Waals surface area contributed by atoms with Gasteiger partial charge in [-0.3, -0.25) is 9.59 Å². The summed E-state index contributed by atoms with van der Waals surface area (Å²) < 4.78 is 0. The van der Waals surface area contributed by atoms with Crippen molar-refractivity contribution >= 4 is 23.2 Å². The molecule has 1 N–H and O–H groups in total. The van der Waals surface area contributed by atoms with E-state index in [9.17, 15) is 9.59 Å². The molecule has 2 fully saturated rings. The van der Waals surface area contributed by atoms with Crippen LogP contribution < -0.4 is 5.32 Å². The second kappa shape index (κ2) is 5.40. The zero-order valence-corrected chi connectivity index (χ0v) is 13.3. The lowest BCUT2D eigenvalue weighted by Crippen LogP contribution is -2.69. The molecule has 1 aliphatic carbocycles. The molecule has 114 valence electrons. The van der Waals surface area contributed by atoms with Crippen LogP contribution in [-0.4, -0.2) is 39.8 Å². The molecule has 1 spiro atoms. The molecule has 21 heavy (non-hydrogen) atoms. The monoisotopic (exact) mass is 307 g/mol. The van der Waals surface area contributed by atoms with E-state index >= 15 is 0 Å². The molecule has 2 aliphatic rings. The van der Waals surface area contributed by atoms with Gasteiger partial charge in [0.15, 0.2) is 0 Å². The first-order valence-electron chi connectivity index (χ1n) is 7.56. The summed E-state index contributed by atoms with van der Waals surface area (Å²) in [4.78, 5) is 31.2. The summed E-state index contributed by atoms with van der Waals surface area (Å²) in [6.07, 6.45) is 5.34. The average Bonchev–Trinajstić information content (AvgIpc) is 3.13. The van der Waals surface area contributed by atoms with E-state index in [1.165, 1.54) is 0 Å². The number of carbonyl (C=O) groups excluding carboxylic acids is 2. The maximum absolute atomic E-state index is 12.9. The fourth-order valence-electron chi connectivity index (χ4n) is 3.40. The molecule has 1 aliphatic heterocycles. The molecule has 2 unspecified atom stereocenters. The lowest BCUT2D eigenvalue weighted by molar-refractivity contribution is -0.154. The highest BCUT2D eigenvalue weighted by molar-refractivity contribution is 7.09. The molecule has 1 saturated heterocycles. The standard InChI is InChI=1S/C15H21N3O2S/c1-10(13-16-7-8-21-13)9-18-11(2)12(19)17-15(14(18)20)5-3-4-6-15/h7-8,10-11H,3-6,9H2,1-2H3,(H,17,19). The molecular weight excluding hydrogens is 286 g/mol. The molecule has 3 rings (SSSR count). The average molecular weight is 307 g/mol. The van der Waals surface area contributed by atoms with Crippen LogP contribution in [-0.2, 0) is 9.59 Å². The third-order valence-corrected chi connectivity index (χ3v) is 5.69. The van der Waals surface area contributed by atoms with E-state index in [0.717, 1.165) is 30.7 Å². The molecule has 6 heteroatoms. The number of rotatable bonds is 3. The van der Waals surface area contributed by atoms with Gasteiger partial charge >= 0.3 is 0 Å². The largest absolute Gasteiger partial charge is 0.340 e. The van der Waals surface area contributed by atoms with Crippen molar-refractivity contribution in [1.82, 2.24) is 15.2 Å². The van der Waals surface area contributed by atoms with E-state index in [2.05, 4.69) is 17.2 Å². The molecular formula is C15H21N3O2S. The van der Waals surface area contributed by atoms with Gasteiger partial charge in [-0.05, 0) is 19.8 Å². The Morgan fingerprint density at radius 1 is 1.48 bits per heavy atom. The third-order valence-electron chi connectivity index (χ3n) is 4.68. The van der Waals surface area contributed by atoms with Gasteiger partial charge in [0, 0.05) is 24.0 Å². The highest BCUT2D eigenvalue weighted by atomic mass is 32.1. The molecule has 2 heterocycles. The summed E-state index contributed by atoms with van der Waals surface area (Å²) in [6, 6.07) is -0.397. The Labute approximate surface area is 128 Å². The minimum atomic E-state index is -0.633. The number of aromatic nitrogens is 1. The predicted octanol–water partition coefficient (Wildman–Crippen LogP) is 1.91. The Balaban J connectivity index is 1.81. The molecule has 1 saturated carbocycles. The Morgan fingerprint density at radius 2 is 2.19 bits per heavy atom. The van der Waals surface area contributed by atoms with Gasteiger partial charge in [0.05, 0.1) is 5.01 Å². The first-order valence-corrected chi connectivity index (χ1v) is 8.44. The van der Waals surface area contributed by atoms with Crippen LogP contribution in [0.3, 0.4) is 0 Å². The molecule has 0 bridgehead atoms. The van der Waals surface area contributed by atoms with Crippen molar-refractivity contribution in [3.05, 3.63) is 16.6 Å². The molecule has 0 aromatic carbocycles. The summed E-state index contributed by atoms with van der Waals surface area (Å²) >= 11 is 1.60. The van der Waals surface area contributed by atoms with E-state index in [1.54, 1.807) is 22.4 Å². The Bertz CT molecular complexity index is 537. The number of hydrogen-bond acceptors (Lipinski definition) is 4. The summed E-state index contributed by atoms with van der Waals surface area (Å²) in [7, 11) is 0. The number of thiazole rings is 1. The SMILES string of the molecule is CC(CN1C(=O)C2(CCCC2)NC(=O)C1C)c1nccs1. The highest BCUT2D eigenvalue weighted by Crippen LogP contribution is 2.35. The number of amides is 2. The van der Waals surface area contributed by atoms with Gasteiger partial charge in [0.2, 0.25) is 11.8 Å². The van der Waals surface area contributed by atoms with Crippen LogP contribution in [0.5, 0.6) is 0 Å². The molecule has 0 radical (unpaired) electrons. The topological polar surface area (TPSA) is 62.3 Å². The van der Waals surface area contributed by atoms with Crippen LogP contribution >= 0.6 is 11.3 Å². The molecule has 2 atom stereocenters. The van der Waals surface area contributed by atoms with Gasteiger partial charge in [0.25, 0.3) is 0 Å². The fourth-order valence-corrected chi connectivity index (χ4v) is 4.09. The number of carbonyl (C=O) groups is 2. The van der Waals surface area contributed by atoms with E-state index in [4.69, 9.17) is 0 Å². The Hall–Kier alpha value is -1.43. The Morgan fingerprint density at radius 3 is 2.81 bits per heavy atom. The van der Waals surface area contributed by atoms with E-state index in [0.29, 0.717) is 6.54 Å². The number of piperazine rings is 1. The van der Waals surface area contributed by atoms with E-state index < -0.39 is 11.6 Å². The summed E-state index contributed by atoms with van der Waals surface area (Å²) in [5.74, 6) is 0.221. The lowest BCUT2D eigenvalue weighted by atomic mass is 9.90. The maximum atomic E-state index is 12.9. The molecule has 2 amide bonds. The van der Waals surface area contributed by atoms with E-state index in [-0.39, 0.29) is 17.7 Å². The van der Waals surface area contributed by atoms with Crippen molar-refractivity contribution in [1.29, 1.82) is 0 Å². The van der Waals surface area contributed by atoms with Crippen LogP contribution in [0.2, 0.25) is 0 Å². The van der Waals surface area contributed by atoms with Crippen LogP contribution in [0.4, 0.5) is 0 Å². The minimum Gasteiger partial charge on any atom is -0.340 e. The van der Waals surface area contributed by atoms with Crippen molar-refractivity contribution < 1.29 is 9.59 Å². The summed E-state index contributed by atoms with van der Waals surface area (Å²) in [6.45, 7) is 4.43. The van der Waals surface area contributed by atoms with Gasteiger partial charge < -0.3 is 10.2 Å². The molecule has 1 aromatic heterocycles. The smallest absolute Gasteiger partial charge is 0.249 e. The summed E-state index contributed by atoms with van der Waals surface area (Å²) in [5.41, 5.74) is -0.633. The van der Waals surface area contributed by atoms with Crippen molar-refractivity contribution in [2.75, 3.05) is 6.54 Å². The number of nitrogens with zero attached hydrogens (tertiary/aromatic N) is 2. The predicted molar refractivity (Wildman–Crippen MR) is 81.0 cm³/mol. The fraction of sp³-hybridized carbons (Fsp3) is 0.667. The van der Waals surface area contributed by atoms with Crippen molar-refractivity contribution in [3.8, 4) is 0 Å². The first-order chi connectivity index (χ1) is 10.0. The van der Waals surface area contributed by atoms with Crippen molar-refractivity contribution in [2.45, 2.75) is 57.0 Å². The first kappa shape index (κ1) is 14.5. The van der Waals surface area contributed by atoms with Gasteiger partial charge in [0.1, 0.15) is 11.6 Å². The lowest BCUT2D eigenvalue weighted by Gasteiger charge is -2.44. The minimum absolute atomic E-state index is 0.0251. The van der Waals surface area contributed by atoms with Crippen molar-refractivity contribution in [2.24, 2.45) is 0 Å². The second-order valence-electron chi connectivity index (χ2n) is 6.18. The maximum Gasteiger partial charge on any atom is 0.249 e. The van der Waals surface area contributed by atoms with Gasteiger partial charge in [-0.1, -0.05) is 19.8 Å². The quantitative estimate of drug-likeness (QED) is 0.928. The van der Waals surface area contributed by atoms with Crippen LogP contribution in [0.15, 0.2) is 11.6 Å². The van der Waals surface area contributed by atoms with Crippen LogP contribution in [0.1, 0.15) is 50.5 Å². The summed E-state index contributed by atoms with van der Waals surface area (Å²) in [5, 5.41) is 5.94. The van der Waals surface area contributed by atoms with Crippen LogP contribution in [0, 0.1) is 0 Å². The molecule has 1 aromatic rings. The van der Waals surface area contributed by atoms with Gasteiger partial charge in [-0.25, -0.2) is 4.98 Å². The van der Waals surface area contributed by atoms with E-state index in [1.807, 2.05) is 12.3 Å². The normalized spacial score (nSPS) is 26.2. The third kappa shape index (κ3) is 2.46.